The van der Waals surface area contributed by atoms with Gasteiger partial charge >= 0.3 is 0 Å². The average Bonchev–Trinajstić information content (AvgIpc) is 3.21. The highest BCUT2D eigenvalue weighted by Crippen LogP contribution is 2.23. The molecular formula is C15H17N5O2S. The minimum Gasteiger partial charge on any atom is -0.388 e. The van der Waals surface area contributed by atoms with Crippen molar-refractivity contribution in [2.75, 3.05) is 0 Å². The third-order valence-corrected chi connectivity index (χ3v) is 4.16. The van der Waals surface area contributed by atoms with Crippen molar-refractivity contribution in [1.29, 1.82) is 0 Å². The molecule has 0 saturated heterocycles. The van der Waals surface area contributed by atoms with Gasteiger partial charge in [0.25, 0.3) is 5.89 Å². The molecule has 0 aliphatic heterocycles. The zero-order valence-electron chi connectivity index (χ0n) is 12.7. The van der Waals surface area contributed by atoms with Gasteiger partial charge in [-0.3, -0.25) is 0 Å². The minimum atomic E-state index is -0.117. The summed E-state index contributed by atoms with van der Waals surface area (Å²) in [4.78, 5) is 4.39. The lowest BCUT2D eigenvalue weighted by Crippen LogP contribution is -2.04. The van der Waals surface area contributed by atoms with E-state index in [4.69, 9.17) is 4.52 Å². The molecule has 2 heterocycles. The molecule has 23 heavy (non-hydrogen) atoms. The van der Waals surface area contributed by atoms with Gasteiger partial charge in [-0.15, -0.1) is 10.2 Å². The Morgan fingerprint density at radius 3 is 2.78 bits per heavy atom. The summed E-state index contributed by atoms with van der Waals surface area (Å²) in [6, 6.07) is 9.65. The fourth-order valence-electron chi connectivity index (χ4n) is 2.13. The highest BCUT2D eigenvalue weighted by Gasteiger charge is 2.14. The highest BCUT2D eigenvalue weighted by molar-refractivity contribution is 7.98. The van der Waals surface area contributed by atoms with E-state index in [1.807, 2.05) is 34.9 Å². The Balaban J connectivity index is 1.70. The zero-order valence-corrected chi connectivity index (χ0v) is 13.5. The van der Waals surface area contributed by atoms with Crippen molar-refractivity contribution in [3.05, 3.63) is 42.0 Å². The van der Waals surface area contributed by atoms with Crippen LogP contribution in [0.5, 0.6) is 0 Å². The fourth-order valence-corrected chi connectivity index (χ4v) is 2.96. The maximum Gasteiger partial charge on any atom is 0.257 e. The summed E-state index contributed by atoms with van der Waals surface area (Å²) >= 11 is 1.48. The van der Waals surface area contributed by atoms with Crippen LogP contribution < -0.4 is 0 Å². The van der Waals surface area contributed by atoms with E-state index >= 15 is 0 Å². The van der Waals surface area contributed by atoms with Gasteiger partial charge in [0, 0.05) is 12.1 Å². The molecule has 3 rings (SSSR count). The number of hydrogen-bond donors (Lipinski definition) is 1. The van der Waals surface area contributed by atoms with Crippen LogP contribution >= 0.6 is 11.8 Å². The summed E-state index contributed by atoms with van der Waals surface area (Å²) in [5.41, 5.74) is 0.896. The third-order valence-electron chi connectivity index (χ3n) is 3.20. The van der Waals surface area contributed by atoms with Crippen LogP contribution in [-0.4, -0.2) is 30.0 Å². The molecular weight excluding hydrogens is 314 g/mol. The zero-order chi connectivity index (χ0) is 16.1. The largest absolute Gasteiger partial charge is 0.388 e. The van der Waals surface area contributed by atoms with Crippen LogP contribution in [0.3, 0.4) is 0 Å². The Morgan fingerprint density at radius 2 is 2.04 bits per heavy atom. The normalized spacial score (nSPS) is 11.0. The van der Waals surface area contributed by atoms with Gasteiger partial charge in [0.2, 0.25) is 0 Å². The molecule has 0 aliphatic carbocycles. The summed E-state index contributed by atoms with van der Waals surface area (Å²) in [7, 11) is 0. The second-order valence-corrected chi connectivity index (χ2v) is 5.82. The highest BCUT2D eigenvalue weighted by atomic mass is 32.2. The molecule has 0 unspecified atom stereocenters. The van der Waals surface area contributed by atoms with Crippen LogP contribution in [0.15, 0.2) is 40.0 Å². The van der Waals surface area contributed by atoms with Crippen LogP contribution in [0.25, 0.3) is 11.5 Å². The van der Waals surface area contributed by atoms with E-state index < -0.39 is 0 Å². The standard InChI is InChI=1S/C15H17N5O2S/c1-2-8-20-13(9-21)17-18-15(20)23-10-12-16-14(22-19-12)11-6-4-3-5-7-11/h3-7,21H,2,8-10H2,1H3. The maximum atomic E-state index is 9.30. The summed E-state index contributed by atoms with van der Waals surface area (Å²) in [6.45, 7) is 2.72. The van der Waals surface area contributed by atoms with E-state index in [2.05, 4.69) is 27.3 Å². The Morgan fingerprint density at radius 1 is 1.22 bits per heavy atom. The first-order valence-corrected chi connectivity index (χ1v) is 8.34. The predicted octanol–water partition coefficient (Wildman–Crippen LogP) is 2.52. The molecule has 120 valence electrons. The monoisotopic (exact) mass is 331 g/mol. The molecule has 1 N–H and O–H groups in total. The molecule has 8 heteroatoms. The molecule has 3 aromatic rings. The first-order valence-electron chi connectivity index (χ1n) is 7.35. The van der Waals surface area contributed by atoms with E-state index in [1.165, 1.54) is 11.8 Å². The van der Waals surface area contributed by atoms with Gasteiger partial charge in [-0.1, -0.05) is 42.0 Å². The number of hydrogen-bond acceptors (Lipinski definition) is 7. The Labute approximate surface area is 137 Å². The quantitative estimate of drug-likeness (QED) is 0.665. The van der Waals surface area contributed by atoms with Crippen LogP contribution in [0.4, 0.5) is 0 Å². The lowest BCUT2D eigenvalue weighted by atomic mass is 10.2. The number of nitrogens with zero attached hydrogens (tertiary/aromatic N) is 5. The average molecular weight is 331 g/mol. The van der Waals surface area contributed by atoms with Crippen molar-refractivity contribution in [2.24, 2.45) is 0 Å². The maximum absolute atomic E-state index is 9.30. The summed E-state index contributed by atoms with van der Waals surface area (Å²) in [5, 5.41) is 22.2. The van der Waals surface area contributed by atoms with Crippen LogP contribution in [0.2, 0.25) is 0 Å². The van der Waals surface area contributed by atoms with Crippen molar-refractivity contribution in [1.82, 2.24) is 24.9 Å². The molecule has 0 aliphatic rings. The van der Waals surface area contributed by atoms with Gasteiger partial charge in [0.15, 0.2) is 16.8 Å². The van der Waals surface area contributed by atoms with Gasteiger partial charge in [-0.2, -0.15) is 4.98 Å². The number of rotatable bonds is 7. The van der Waals surface area contributed by atoms with E-state index in [0.717, 1.165) is 23.7 Å². The van der Waals surface area contributed by atoms with Gasteiger partial charge < -0.3 is 14.2 Å². The molecule has 1 aromatic carbocycles. The SMILES string of the molecule is CCCn1c(CO)nnc1SCc1noc(-c2ccccc2)n1. The van der Waals surface area contributed by atoms with E-state index in [-0.39, 0.29) is 6.61 Å². The summed E-state index contributed by atoms with van der Waals surface area (Å²) in [5.74, 6) is 2.22. The first kappa shape index (κ1) is 15.7. The number of aromatic nitrogens is 5. The third kappa shape index (κ3) is 3.59. The smallest absolute Gasteiger partial charge is 0.257 e. The molecule has 0 amide bonds. The molecule has 0 radical (unpaired) electrons. The fraction of sp³-hybridized carbons (Fsp3) is 0.333. The second kappa shape index (κ2) is 7.38. The Kier molecular flexibility index (Phi) is 5.04. The van der Waals surface area contributed by atoms with Crippen molar-refractivity contribution in [2.45, 2.75) is 37.4 Å². The summed E-state index contributed by atoms with van der Waals surface area (Å²) < 4.78 is 7.21. The van der Waals surface area contributed by atoms with Crippen molar-refractivity contribution in [3.63, 3.8) is 0 Å². The molecule has 7 nitrogen and oxygen atoms in total. The minimum absolute atomic E-state index is 0.117. The second-order valence-electron chi connectivity index (χ2n) is 4.88. The summed E-state index contributed by atoms with van der Waals surface area (Å²) in [6.07, 6.45) is 0.943. The number of aliphatic hydroxyl groups excluding tert-OH is 1. The van der Waals surface area contributed by atoms with E-state index in [0.29, 0.717) is 23.3 Å². The number of thioether (sulfide) groups is 1. The predicted molar refractivity (Wildman–Crippen MR) is 85.5 cm³/mol. The first-order chi connectivity index (χ1) is 11.3. The lowest BCUT2D eigenvalue weighted by Gasteiger charge is -2.05. The number of benzene rings is 1. The Hall–Kier alpha value is -2.19. The molecule has 0 saturated carbocycles. The van der Waals surface area contributed by atoms with Crippen molar-refractivity contribution >= 4 is 11.8 Å². The molecule has 0 spiro atoms. The lowest BCUT2D eigenvalue weighted by molar-refractivity contribution is 0.263. The molecule has 2 aromatic heterocycles. The van der Waals surface area contributed by atoms with Gasteiger partial charge in [-0.05, 0) is 18.6 Å². The van der Waals surface area contributed by atoms with Gasteiger partial charge in [0.05, 0.1) is 5.75 Å². The van der Waals surface area contributed by atoms with Crippen molar-refractivity contribution < 1.29 is 9.63 Å². The Bertz CT molecular complexity index is 756. The van der Waals surface area contributed by atoms with Crippen LogP contribution in [0.1, 0.15) is 25.0 Å². The van der Waals surface area contributed by atoms with Crippen LogP contribution in [-0.2, 0) is 18.9 Å². The van der Waals surface area contributed by atoms with Gasteiger partial charge in [-0.25, -0.2) is 0 Å². The van der Waals surface area contributed by atoms with E-state index in [1.54, 1.807) is 0 Å². The number of aliphatic hydroxyl groups is 1. The van der Waals surface area contributed by atoms with E-state index in [9.17, 15) is 5.11 Å². The topological polar surface area (TPSA) is 89.9 Å². The van der Waals surface area contributed by atoms with Gasteiger partial charge in [0.1, 0.15) is 6.61 Å². The molecule has 0 fully saturated rings. The molecule has 0 atom stereocenters. The van der Waals surface area contributed by atoms with Crippen molar-refractivity contribution in [3.8, 4) is 11.5 Å². The molecule has 0 bridgehead atoms. The van der Waals surface area contributed by atoms with Crippen LogP contribution in [0, 0.1) is 0 Å².